The number of piperazine rings is 1. The summed E-state index contributed by atoms with van der Waals surface area (Å²) >= 11 is 2.82. The van der Waals surface area contributed by atoms with E-state index in [2.05, 4.69) is 38.3 Å². The Balaban J connectivity index is 1.30. The highest BCUT2D eigenvalue weighted by Gasteiger charge is 2.26. The van der Waals surface area contributed by atoms with E-state index in [0.717, 1.165) is 66.9 Å². The molecule has 10 heteroatoms. The molecule has 0 spiro atoms. The quantitative estimate of drug-likeness (QED) is 0.452. The van der Waals surface area contributed by atoms with Gasteiger partial charge in [0.1, 0.15) is 5.03 Å². The Labute approximate surface area is 194 Å². The van der Waals surface area contributed by atoms with Gasteiger partial charge in [-0.1, -0.05) is 29.2 Å². The van der Waals surface area contributed by atoms with E-state index < -0.39 is 0 Å². The number of aryl methyl sites for hydroxylation is 1. The predicted molar refractivity (Wildman–Crippen MR) is 130 cm³/mol. The first-order valence-corrected chi connectivity index (χ1v) is 12.7. The van der Waals surface area contributed by atoms with E-state index in [9.17, 15) is 9.59 Å². The Morgan fingerprint density at radius 2 is 2.00 bits per heavy atom. The number of thioether (sulfide) groups is 1. The molecule has 3 heterocycles. The molecular weight excluding hydrogens is 444 g/mol. The zero-order valence-corrected chi connectivity index (χ0v) is 19.9. The molecule has 1 fully saturated rings. The first-order valence-electron chi connectivity index (χ1n) is 10.9. The van der Waals surface area contributed by atoms with Crippen LogP contribution in [-0.2, 0) is 17.6 Å². The lowest BCUT2D eigenvalue weighted by atomic mass is 10.2. The van der Waals surface area contributed by atoms with Crippen molar-refractivity contribution >= 4 is 44.4 Å². The highest BCUT2D eigenvalue weighted by atomic mass is 32.2. The van der Waals surface area contributed by atoms with Crippen molar-refractivity contribution in [2.45, 2.75) is 31.2 Å². The summed E-state index contributed by atoms with van der Waals surface area (Å²) in [7, 11) is 2.10. The summed E-state index contributed by atoms with van der Waals surface area (Å²) in [4.78, 5) is 36.6. The summed E-state index contributed by atoms with van der Waals surface area (Å²) in [5, 5.41) is 6.31. The lowest BCUT2D eigenvalue weighted by molar-refractivity contribution is -0.113. The van der Waals surface area contributed by atoms with Gasteiger partial charge in [-0.2, -0.15) is 4.98 Å². The fourth-order valence-corrected chi connectivity index (χ4v) is 6.15. The number of nitrogens with one attached hydrogen (secondary N) is 1. The summed E-state index contributed by atoms with van der Waals surface area (Å²) in [6.45, 7) is 5.55. The van der Waals surface area contributed by atoms with Gasteiger partial charge in [-0.3, -0.25) is 4.79 Å². The second-order valence-corrected chi connectivity index (χ2v) is 10.4. The molecule has 1 amide bonds. The molecule has 2 aliphatic rings. The molecule has 168 valence electrons. The van der Waals surface area contributed by atoms with Crippen LogP contribution in [0.25, 0.3) is 10.2 Å². The standard InChI is InChI=1S/C22H26N6O2S2/c1-14-6-7-16-18(12-14)32-21(23-16)24-19(29)13-31-20-15-4-3-5-17(15)28(22(30)25-20)27-10-8-26(2)9-11-27/h6-7,12H,3-5,8-11,13H2,1-2H3,(H,23,24,29). The second-order valence-electron chi connectivity index (χ2n) is 8.37. The normalized spacial score (nSPS) is 16.5. The monoisotopic (exact) mass is 470 g/mol. The second kappa shape index (κ2) is 8.84. The molecule has 8 nitrogen and oxygen atoms in total. The van der Waals surface area contributed by atoms with Crippen molar-refractivity contribution < 1.29 is 4.79 Å². The first kappa shape index (κ1) is 21.4. The van der Waals surface area contributed by atoms with E-state index in [1.54, 1.807) is 4.68 Å². The molecule has 0 saturated carbocycles. The molecule has 1 aliphatic heterocycles. The summed E-state index contributed by atoms with van der Waals surface area (Å²) < 4.78 is 2.85. The van der Waals surface area contributed by atoms with Crippen LogP contribution in [0.4, 0.5) is 5.13 Å². The third-order valence-corrected chi connectivity index (χ3v) is 7.92. The van der Waals surface area contributed by atoms with E-state index in [0.29, 0.717) is 10.2 Å². The largest absolute Gasteiger partial charge is 0.367 e. The minimum absolute atomic E-state index is 0.137. The maximum Gasteiger partial charge on any atom is 0.367 e. The topological polar surface area (TPSA) is 83.4 Å². The minimum Gasteiger partial charge on any atom is -0.306 e. The molecule has 1 aromatic carbocycles. The highest BCUT2D eigenvalue weighted by Crippen LogP contribution is 2.30. The Morgan fingerprint density at radius 1 is 1.19 bits per heavy atom. The van der Waals surface area contributed by atoms with Gasteiger partial charge in [-0.25, -0.2) is 14.5 Å². The number of hydrogen-bond donors (Lipinski definition) is 1. The van der Waals surface area contributed by atoms with Crippen molar-refractivity contribution in [3.05, 3.63) is 45.5 Å². The number of nitrogens with zero attached hydrogens (tertiary/aromatic N) is 5. The molecule has 0 atom stereocenters. The van der Waals surface area contributed by atoms with E-state index in [-0.39, 0.29) is 17.3 Å². The fourth-order valence-electron chi connectivity index (χ4n) is 4.29. The van der Waals surface area contributed by atoms with Gasteiger partial charge >= 0.3 is 5.69 Å². The average molecular weight is 471 g/mol. The van der Waals surface area contributed by atoms with E-state index >= 15 is 0 Å². The Bertz CT molecular complexity index is 1230. The number of anilines is 1. The molecule has 1 saturated heterocycles. The Kier molecular flexibility index (Phi) is 5.92. The Morgan fingerprint density at radius 3 is 2.81 bits per heavy atom. The van der Waals surface area contributed by atoms with Gasteiger partial charge in [-0.15, -0.1) is 0 Å². The minimum atomic E-state index is -0.236. The zero-order chi connectivity index (χ0) is 22.2. The van der Waals surface area contributed by atoms with Crippen LogP contribution < -0.4 is 16.0 Å². The lowest BCUT2D eigenvalue weighted by Gasteiger charge is -2.35. The molecule has 0 radical (unpaired) electrons. The van der Waals surface area contributed by atoms with Crippen LogP contribution >= 0.6 is 23.1 Å². The van der Waals surface area contributed by atoms with Crippen molar-refractivity contribution in [3.8, 4) is 0 Å². The number of thiazole rings is 1. The number of rotatable bonds is 5. The van der Waals surface area contributed by atoms with Crippen LogP contribution in [0, 0.1) is 6.92 Å². The summed E-state index contributed by atoms with van der Waals surface area (Å²) in [6.07, 6.45) is 2.79. The van der Waals surface area contributed by atoms with Crippen molar-refractivity contribution in [1.29, 1.82) is 0 Å². The number of aromatic nitrogens is 3. The lowest BCUT2D eigenvalue weighted by Crippen LogP contribution is -2.54. The number of carbonyl (C=O) groups excluding carboxylic acids is 1. The van der Waals surface area contributed by atoms with Gasteiger partial charge in [0.2, 0.25) is 5.91 Å². The number of carbonyl (C=O) groups is 1. The van der Waals surface area contributed by atoms with Gasteiger partial charge in [0, 0.05) is 31.7 Å². The van der Waals surface area contributed by atoms with Gasteiger partial charge in [0.15, 0.2) is 5.13 Å². The van der Waals surface area contributed by atoms with Crippen molar-refractivity contribution in [1.82, 2.24) is 19.5 Å². The van der Waals surface area contributed by atoms with Gasteiger partial charge in [0.05, 0.1) is 21.7 Å². The molecule has 32 heavy (non-hydrogen) atoms. The highest BCUT2D eigenvalue weighted by molar-refractivity contribution is 8.00. The van der Waals surface area contributed by atoms with Crippen LogP contribution in [-0.4, -0.2) is 64.4 Å². The average Bonchev–Trinajstić information content (AvgIpc) is 3.39. The van der Waals surface area contributed by atoms with Gasteiger partial charge < -0.3 is 15.2 Å². The summed E-state index contributed by atoms with van der Waals surface area (Å²) in [6, 6.07) is 6.05. The summed E-state index contributed by atoms with van der Waals surface area (Å²) in [5.74, 6) is 0.0642. The smallest absolute Gasteiger partial charge is 0.306 e. The van der Waals surface area contributed by atoms with E-state index in [1.807, 2.05) is 19.1 Å². The number of benzene rings is 1. The van der Waals surface area contributed by atoms with Crippen molar-refractivity contribution in [2.24, 2.45) is 0 Å². The first-order chi connectivity index (χ1) is 15.5. The number of fused-ring (bicyclic) bond motifs is 2. The third kappa shape index (κ3) is 4.26. The van der Waals surface area contributed by atoms with Crippen LogP contribution in [0.3, 0.4) is 0 Å². The number of likely N-dealkylation sites (N-methyl/N-ethyl adjacent to an activating group) is 1. The predicted octanol–water partition coefficient (Wildman–Crippen LogP) is 2.26. The van der Waals surface area contributed by atoms with Crippen LogP contribution in [0.5, 0.6) is 0 Å². The van der Waals surface area contributed by atoms with Crippen molar-refractivity contribution in [2.75, 3.05) is 49.3 Å². The van der Waals surface area contributed by atoms with E-state index in [1.165, 1.54) is 28.7 Å². The molecule has 1 aliphatic carbocycles. The summed E-state index contributed by atoms with van der Waals surface area (Å²) in [5.41, 5.74) is 4.01. The maximum absolute atomic E-state index is 12.9. The molecule has 3 aromatic rings. The SMILES string of the molecule is Cc1ccc2nc(NC(=O)CSc3nc(=O)n(N4CCN(C)CC4)c4c3CCC4)sc2c1. The Hall–Kier alpha value is -2.43. The molecule has 0 bridgehead atoms. The van der Waals surface area contributed by atoms with Gasteiger partial charge in [0.25, 0.3) is 0 Å². The maximum atomic E-state index is 12.9. The van der Waals surface area contributed by atoms with Crippen LogP contribution in [0.15, 0.2) is 28.0 Å². The molecule has 5 rings (SSSR count). The molecule has 2 aromatic heterocycles. The molecular formula is C22H26N6O2S2. The van der Waals surface area contributed by atoms with Crippen LogP contribution in [0.1, 0.15) is 23.2 Å². The van der Waals surface area contributed by atoms with Gasteiger partial charge in [-0.05, 0) is 50.9 Å². The molecule has 1 N–H and O–H groups in total. The third-order valence-electron chi connectivity index (χ3n) is 5.97. The van der Waals surface area contributed by atoms with Crippen molar-refractivity contribution in [3.63, 3.8) is 0 Å². The number of amides is 1. The molecule has 0 unspecified atom stereocenters. The van der Waals surface area contributed by atoms with Crippen LogP contribution in [0.2, 0.25) is 0 Å². The van der Waals surface area contributed by atoms with E-state index in [4.69, 9.17) is 0 Å². The zero-order valence-electron chi connectivity index (χ0n) is 18.3. The number of hydrogen-bond acceptors (Lipinski definition) is 8. The fraction of sp³-hybridized carbons (Fsp3) is 0.455.